The zero-order chi connectivity index (χ0) is 21.8. The lowest BCUT2D eigenvalue weighted by Crippen LogP contribution is -2.59. The fourth-order valence-electron chi connectivity index (χ4n) is 3.86. The van der Waals surface area contributed by atoms with Crippen LogP contribution >= 0.6 is 0 Å². The molecule has 2 saturated heterocycles. The predicted molar refractivity (Wildman–Crippen MR) is 105 cm³/mol. The first-order chi connectivity index (χ1) is 13.5. The van der Waals surface area contributed by atoms with E-state index in [-0.39, 0.29) is 18.0 Å². The summed E-state index contributed by atoms with van der Waals surface area (Å²) in [4.78, 5) is 11.5. The van der Waals surface area contributed by atoms with E-state index in [9.17, 15) is 25.2 Å². The topological polar surface area (TPSA) is 126 Å². The van der Waals surface area contributed by atoms with Crippen molar-refractivity contribution in [2.24, 2.45) is 5.92 Å². The Hall–Kier alpha value is -1.03. The van der Waals surface area contributed by atoms with Crippen molar-refractivity contribution in [1.29, 1.82) is 0 Å². The normalized spacial score (nSPS) is 36.1. The van der Waals surface area contributed by atoms with Gasteiger partial charge in [-0.2, -0.15) is 0 Å². The lowest BCUT2D eigenvalue weighted by Gasteiger charge is -2.40. The highest BCUT2D eigenvalue weighted by Gasteiger charge is 2.44. The molecular formula is C21H36O8. The van der Waals surface area contributed by atoms with E-state index >= 15 is 0 Å². The Labute approximate surface area is 172 Å². The second kappa shape index (κ2) is 10.3. The molecule has 168 valence electrons. The van der Waals surface area contributed by atoms with E-state index in [2.05, 4.69) is 13.0 Å². The lowest BCUT2D eigenvalue weighted by molar-refractivity contribution is -0.310. The molecule has 0 saturated carbocycles. The van der Waals surface area contributed by atoms with Crippen molar-refractivity contribution in [3.8, 4) is 0 Å². The SMILES string of the molecule is C/C(=C\CCC(C)O[C@@H]1O[C@H](CO)[C@@H](O)[C@H](O)[C@H]1O)CCC1CC(=O)OC1(C)C. The maximum Gasteiger partial charge on any atom is 0.306 e. The maximum atomic E-state index is 11.5. The number of carbonyl (C=O) groups excluding carboxylic acids is 1. The van der Waals surface area contributed by atoms with Crippen LogP contribution in [0.3, 0.4) is 0 Å². The lowest BCUT2D eigenvalue weighted by atomic mass is 9.86. The third kappa shape index (κ3) is 6.47. The summed E-state index contributed by atoms with van der Waals surface area (Å²) in [6, 6.07) is 0. The van der Waals surface area contributed by atoms with Gasteiger partial charge in [-0.15, -0.1) is 0 Å². The Morgan fingerprint density at radius 3 is 2.55 bits per heavy atom. The third-order valence-corrected chi connectivity index (χ3v) is 5.94. The number of esters is 1. The van der Waals surface area contributed by atoms with Gasteiger partial charge in [0, 0.05) is 5.92 Å². The number of allylic oxidation sites excluding steroid dienone is 2. The molecule has 0 bridgehead atoms. The Morgan fingerprint density at radius 2 is 1.97 bits per heavy atom. The van der Waals surface area contributed by atoms with Crippen molar-refractivity contribution < 1.29 is 39.4 Å². The third-order valence-electron chi connectivity index (χ3n) is 5.94. The number of aliphatic hydroxyl groups excluding tert-OH is 4. The van der Waals surface area contributed by atoms with E-state index in [4.69, 9.17) is 14.2 Å². The minimum absolute atomic E-state index is 0.124. The van der Waals surface area contributed by atoms with Crippen LogP contribution in [0.2, 0.25) is 0 Å². The maximum absolute atomic E-state index is 11.5. The summed E-state index contributed by atoms with van der Waals surface area (Å²) < 4.78 is 16.4. The average molecular weight is 417 g/mol. The van der Waals surface area contributed by atoms with E-state index in [1.54, 1.807) is 0 Å². The Balaban J connectivity index is 1.74. The zero-order valence-corrected chi connectivity index (χ0v) is 17.8. The smallest absolute Gasteiger partial charge is 0.306 e. The Kier molecular flexibility index (Phi) is 8.63. The molecular weight excluding hydrogens is 380 g/mol. The first-order valence-corrected chi connectivity index (χ1v) is 10.4. The van der Waals surface area contributed by atoms with Crippen LogP contribution in [0.5, 0.6) is 0 Å². The number of ether oxygens (including phenoxy) is 3. The molecule has 2 unspecified atom stereocenters. The van der Waals surface area contributed by atoms with Gasteiger partial charge >= 0.3 is 5.97 Å². The summed E-state index contributed by atoms with van der Waals surface area (Å²) in [7, 11) is 0. The van der Waals surface area contributed by atoms with Crippen LogP contribution in [0.15, 0.2) is 11.6 Å². The van der Waals surface area contributed by atoms with Crippen LogP contribution in [0, 0.1) is 5.92 Å². The fraction of sp³-hybridized carbons (Fsp3) is 0.857. The van der Waals surface area contributed by atoms with Crippen molar-refractivity contribution in [2.45, 2.75) is 102 Å². The molecule has 0 aliphatic carbocycles. The van der Waals surface area contributed by atoms with Crippen LogP contribution < -0.4 is 0 Å². The summed E-state index contributed by atoms with van der Waals surface area (Å²) in [6.45, 7) is 7.34. The van der Waals surface area contributed by atoms with Crippen molar-refractivity contribution in [3.05, 3.63) is 11.6 Å². The summed E-state index contributed by atoms with van der Waals surface area (Å²) in [5, 5.41) is 38.9. The molecule has 2 aliphatic heterocycles. The highest BCUT2D eigenvalue weighted by Crippen LogP contribution is 2.36. The number of hydrogen-bond donors (Lipinski definition) is 4. The molecule has 0 aromatic carbocycles. The second-order valence-electron chi connectivity index (χ2n) is 8.79. The van der Waals surface area contributed by atoms with Gasteiger partial charge in [-0.1, -0.05) is 11.6 Å². The summed E-state index contributed by atoms with van der Waals surface area (Å²) in [6.07, 6.45) is -0.662. The summed E-state index contributed by atoms with van der Waals surface area (Å²) in [5.74, 6) is 0.104. The number of cyclic esters (lactones) is 1. The monoisotopic (exact) mass is 416 g/mol. The Morgan fingerprint density at radius 1 is 1.28 bits per heavy atom. The van der Waals surface area contributed by atoms with E-state index < -0.39 is 42.9 Å². The Bertz CT molecular complexity index is 573. The highest BCUT2D eigenvalue weighted by atomic mass is 16.7. The second-order valence-corrected chi connectivity index (χ2v) is 8.79. The van der Waals surface area contributed by atoms with Crippen molar-refractivity contribution in [3.63, 3.8) is 0 Å². The molecule has 0 spiro atoms. The minimum atomic E-state index is -1.43. The fourth-order valence-corrected chi connectivity index (χ4v) is 3.86. The van der Waals surface area contributed by atoms with E-state index in [0.717, 1.165) is 19.3 Å². The molecule has 2 rings (SSSR count). The zero-order valence-electron chi connectivity index (χ0n) is 17.8. The van der Waals surface area contributed by atoms with Crippen LogP contribution in [0.25, 0.3) is 0 Å². The minimum Gasteiger partial charge on any atom is -0.459 e. The van der Waals surface area contributed by atoms with Crippen LogP contribution in [-0.2, 0) is 19.0 Å². The molecule has 7 atom stereocenters. The molecule has 4 N–H and O–H groups in total. The summed E-state index contributed by atoms with van der Waals surface area (Å²) in [5.41, 5.74) is 0.839. The van der Waals surface area contributed by atoms with E-state index in [0.29, 0.717) is 12.8 Å². The number of carbonyl (C=O) groups is 1. The van der Waals surface area contributed by atoms with Gasteiger partial charge in [0.15, 0.2) is 6.29 Å². The average Bonchev–Trinajstić information content (AvgIpc) is 2.91. The van der Waals surface area contributed by atoms with Gasteiger partial charge in [0.25, 0.3) is 0 Å². The van der Waals surface area contributed by atoms with Gasteiger partial charge in [0.1, 0.15) is 30.0 Å². The van der Waals surface area contributed by atoms with E-state index in [1.165, 1.54) is 5.57 Å². The van der Waals surface area contributed by atoms with E-state index in [1.807, 2.05) is 20.8 Å². The predicted octanol–water partition coefficient (Wildman–Crippen LogP) is 1.04. The van der Waals surface area contributed by atoms with Crippen LogP contribution in [0.1, 0.15) is 59.8 Å². The molecule has 29 heavy (non-hydrogen) atoms. The van der Waals surface area contributed by atoms with Crippen molar-refractivity contribution in [1.82, 2.24) is 0 Å². The van der Waals surface area contributed by atoms with Gasteiger partial charge in [0.05, 0.1) is 19.1 Å². The van der Waals surface area contributed by atoms with Gasteiger partial charge in [0.2, 0.25) is 0 Å². The molecule has 8 heteroatoms. The molecule has 0 radical (unpaired) electrons. The molecule has 2 fully saturated rings. The molecule has 0 amide bonds. The van der Waals surface area contributed by atoms with Crippen LogP contribution in [0.4, 0.5) is 0 Å². The molecule has 2 aliphatic rings. The first-order valence-electron chi connectivity index (χ1n) is 10.4. The molecule has 0 aromatic heterocycles. The van der Waals surface area contributed by atoms with Gasteiger partial charge in [-0.25, -0.2) is 0 Å². The largest absolute Gasteiger partial charge is 0.459 e. The highest BCUT2D eigenvalue weighted by molar-refractivity contribution is 5.72. The standard InChI is InChI=1S/C21H36O8/c1-12(8-9-14-10-16(23)29-21(14,3)4)6-5-7-13(2)27-20-19(26)18(25)17(24)15(11-22)28-20/h6,13-15,17-20,22,24-26H,5,7-11H2,1-4H3/b12-6+/t13?,14?,15-,17-,18+,19-,20-/m1/s1. The quantitative estimate of drug-likeness (QED) is 0.324. The van der Waals surface area contributed by atoms with Crippen molar-refractivity contribution >= 4 is 5.97 Å². The van der Waals surface area contributed by atoms with Gasteiger partial charge in [-0.3, -0.25) is 4.79 Å². The number of rotatable bonds is 9. The van der Waals surface area contributed by atoms with Crippen LogP contribution in [-0.4, -0.2) is 75.4 Å². The molecule has 8 nitrogen and oxygen atoms in total. The first kappa shape index (κ1) is 24.2. The molecule has 2 heterocycles. The molecule has 0 aromatic rings. The summed E-state index contributed by atoms with van der Waals surface area (Å²) >= 11 is 0. The van der Waals surface area contributed by atoms with Gasteiger partial charge < -0.3 is 34.6 Å². The van der Waals surface area contributed by atoms with Gasteiger partial charge in [-0.05, 0) is 53.4 Å². The number of hydrogen-bond acceptors (Lipinski definition) is 8. The van der Waals surface area contributed by atoms with Crippen molar-refractivity contribution in [2.75, 3.05) is 6.61 Å². The number of aliphatic hydroxyl groups is 4.